The molecule has 0 aliphatic rings. The third-order valence-electron chi connectivity index (χ3n) is 3.41. The van der Waals surface area contributed by atoms with Gasteiger partial charge in [0, 0.05) is 0 Å². The van der Waals surface area contributed by atoms with E-state index in [4.69, 9.17) is 16.3 Å². The number of benzene rings is 2. The van der Waals surface area contributed by atoms with Crippen LogP contribution in [-0.4, -0.2) is 17.1 Å². The molecule has 1 aromatic heterocycles. The molecule has 1 N–H and O–H groups in total. The first-order valence-electron chi connectivity index (χ1n) is 6.69. The molecule has 21 heavy (non-hydrogen) atoms. The molecule has 0 aliphatic carbocycles. The molecule has 0 aliphatic heterocycles. The van der Waals surface area contributed by atoms with E-state index in [1.807, 2.05) is 36.4 Å². The number of ether oxygens (including phenoxy) is 1. The van der Waals surface area contributed by atoms with Crippen LogP contribution in [0.25, 0.3) is 0 Å². The Morgan fingerprint density at radius 2 is 1.48 bits per heavy atom. The standard InChI is InChI=1S/C17H15ClN2O/c1-21-17-19-15(16(18)20-17)14(12-8-4-2-5-9-12)13-10-6-3-7-11-13/h2-11,14H,1H3,(H,19,20). The number of hydrogen-bond acceptors (Lipinski definition) is 2. The number of rotatable bonds is 4. The van der Waals surface area contributed by atoms with Crippen LogP contribution in [0.15, 0.2) is 60.7 Å². The molecule has 0 saturated heterocycles. The van der Waals surface area contributed by atoms with Crippen molar-refractivity contribution in [2.75, 3.05) is 7.11 Å². The van der Waals surface area contributed by atoms with Crippen LogP contribution in [0.5, 0.6) is 6.01 Å². The van der Waals surface area contributed by atoms with Gasteiger partial charge >= 0.3 is 0 Å². The minimum atomic E-state index is -0.00343. The summed E-state index contributed by atoms with van der Waals surface area (Å²) >= 11 is 6.30. The molecule has 3 rings (SSSR count). The number of nitrogens with zero attached hydrogens (tertiary/aromatic N) is 1. The number of aromatic nitrogens is 2. The monoisotopic (exact) mass is 298 g/mol. The zero-order chi connectivity index (χ0) is 14.7. The maximum Gasteiger partial charge on any atom is 0.295 e. The van der Waals surface area contributed by atoms with Gasteiger partial charge in [0.05, 0.1) is 18.7 Å². The van der Waals surface area contributed by atoms with E-state index in [9.17, 15) is 0 Å². The fourth-order valence-corrected chi connectivity index (χ4v) is 2.68. The fraction of sp³-hybridized carbons (Fsp3) is 0.118. The summed E-state index contributed by atoms with van der Waals surface area (Å²) < 4.78 is 5.15. The van der Waals surface area contributed by atoms with Gasteiger partial charge in [0.2, 0.25) is 0 Å². The van der Waals surface area contributed by atoms with Crippen molar-refractivity contribution in [1.82, 2.24) is 9.97 Å². The minimum Gasteiger partial charge on any atom is -0.468 e. The molecule has 0 fully saturated rings. The quantitative estimate of drug-likeness (QED) is 0.782. The maximum atomic E-state index is 6.30. The molecule has 0 spiro atoms. The average molecular weight is 299 g/mol. The topological polar surface area (TPSA) is 37.9 Å². The Kier molecular flexibility index (Phi) is 3.93. The van der Waals surface area contributed by atoms with Crippen molar-refractivity contribution in [2.24, 2.45) is 0 Å². The van der Waals surface area contributed by atoms with Gasteiger partial charge in [-0.2, -0.15) is 4.98 Å². The van der Waals surface area contributed by atoms with E-state index in [0.717, 1.165) is 16.8 Å². The van der Waals surface area contributed by atoms with Gasteiger partial charge < -0.3 is 9.72 Å². The predicted molar refractivity (Wildman–Crippen MR) is 84.0 cm³/mol. The maximum absolute atomic E-state index is 6.30. The molecule has 4 heteroatoms. The van der Waals surface area contributed by atoms with Gasteiger partial charge in [-0.25, -0.2) is 0 Å². The number of methoxy groups -OCH3 is 1. The molecular weight excluding hydrogens is 284 g/mol. The molecule has 0 amide bonds. The van der Waals surface area contributed by atoms with Gasteiger partial charge in [-0.15, -0.1) is 0 Å². The van der Waals surface area contributed by atoms with Crippen LogP contribution in [0.1, 0.15) is 22.7 Å². The Hall–Kier alpha value is -2.26. The van der Waals surface area contributed by atoms with Crippen molar-refractivity contribution < 1.29 is 4.74 Å². The summed E-state index contributed by atoms with van der Waals surface area (Å²) in [5.74, 6) is -0.00343. The van der Waals surface area contributed by atoms with Gasteiger partial charge in [-0.05, 0) is 11.1 Å². The molecule has 0 saturated carbocycles. The van der Waals surface area contributed by atoms with Crippen molar-refractivity contribution in [1.29, 1.82) is 0 Å². The van der Waals surface area contributed by atoms with E-state index in [1.54, 1.807) is 7.11 Å². The molecular formula is C17H15ClN2O. The van der Waals surface area contributed by atoms with Crippen LogP contribution in [0, 0.1) is 0 Å². The lowest BCUT2D eigenvalue weighted by Gasteiger charge is -2.17. The molecule has 0 bridgehead atoms. The molecule has 106 valence electrons. The Morgan fingerprint density at radius 1 is 0.952 bits per heavy atom. The predicted octanol–water partition coefficient (Wildman–Crippen LogP) is 4.25. The molecule has 1 heterocycles. The Bertz CT molecular complexity index is 671. The van der Waals surface area contributed by atoms with Crippen molar-refractivity contribution in [3.05, 3.63) is 82.6 Å². The van der Waals surface area contributed by atoms with Gasteiger partial charge in [0.1, 0.15) is 0 Å². The van der Waals surface area contributed by atoms with Gasteiger partial charge in [0.25, 0.3) is 6.01 Å². The minimum absolute atomic E-state index is 0.00343. The summed E-state index contributed by atoms with van der Waals surface area (Å²) in [4.78, 5) is 7.35. The van der Waals surface area contributed by atoms with E-state index >= 15 is 0 Å². The average Bonchev–Trinajstić information content (AvgIpc) is 2.91. The number of imidazole rings is 1. The lowest BCUT2D eigenvalue weighted by Crippen LogP contribution is -2.04. The van der Waals surface area contributed by atoms with Crippen LogP contribution < -0.4 is 4.74 Å². The van der Waals surface area contributed by atoms with Crippen LogP contribution in [-0.2, 0) is 0 Å². The van der Waals surface area contributed by atoms with Crippen LogP contribution in [0.4, 0.5) is 0 Å². The van der Waals surface area contributed by atoms with Crippen molar-refractivity contribution in [2.45, 2.75) is 5.92 Å². The van der Waals surface area contributed by atoms with Crippen molar-refractivity contribution >= 4 is 11.6 Å². The highest BCUT2D eigenvalue weighted by Gasteiger charge is 2.22. The van der Waals surface area contributed by atoms with Crippen LogP contribution >= 0.6 is 11.6 Å². The number of hydrogen-bond donors (Lipinski definition) is 1. The summed E-state index contributed by atoms with van der Waals surface area (Å²) in [5.41, 5.74) is 3.14. The zero-order valence-electron chi connectivity index (χ0n) is 11.6. The summed E-state index contributed by atoms with van der Waals surface area (Å²) in [5, 5.41) is 0.435. The largest absolute Gasteiger partial charge is 0.468 e. The highest BCUT2D eigenvalue weighted by molar-refractivity contribution is 6.30. The smallest absolute Gasteiger partial charge is 0.295 e. The molecule has 3 aromatic rings. The Morgan fingerprint density at radius 3 is 1.90 bits per heavy atom. The molecule has 0 radical (unpaired) electrons. The second kappa shape index (κ2) is 6.02. The zero-order valence-corrected chi connectivity index (χ0v) is 12.3. The van der Waals surface area contributed by atoms with E-state index in [-0.39, 0.29) is 5.92 Å². The molecule has 0 atom stereocenters. The summed E-state index contributed by atoms with van der Waals surface area (Å²) in [7, 11) is 1.57. The van der Waals surface area contributed by atoms with E-state index in [0.29, 0.717) is 11.2 Å². The summed E-state index contributed by atoms with van der Waals surface area (Å²) in [6.07, 6.45) is 0. The van der Waals surface area contributed by atoms with Crippen LogP contribution in [0.2, 0.25) is 5.15 Å². The second-order valence-electron chi connectivity index (χ2n) is 4.70. The van der Waals surface area contributed by atoms with E-state index < -0.39 is 0 Å². The first-order chi connectivity index (χ1) is 10.3. The fourth-order valence-electron chi connectivity index (χ4n) is 2.45. The lowest BCUT2D eigenvalue weighted by molar-refractivity contribution is 0.383. The third kappa shape index (κ3) is 2.78. The highest BCUT2D eigenvalue weighted by atomic mass is 35.5. The second-order valence-corrected chi connectivity index (χ2v) is 5.06. The van der Waals surface area contributed by atoms with Gasteiger partial charge in [-0.3, -0.25) is 0 Å². The highest BCUT2D eigenvalue weighted by Crippen LogP contribution is 2.35. The molecule has 0 unspecified atom stereocenters. The number of nitrogens with one attached hydrogen (secondary N) is 1. The number of halogens is 1. The first kappa shape index (κ1) is 13.7. The van der Waals surface area contributed by atoms with Crippen molar-refractivity contribution in [3.63, 3.8) is 0 Å². The van der Waals surface area contributed by atoms with Crippen molar-refractivity contribution in [3.8, 4) is 6.01 Å². The summed E-state index contributed by atoms with van der Waals surface area (Å²) in [6, 6.07) is 20.8. The lowest BCUT2D eigenvalue weighted by atomic mass is 9.89. The summed E-state index contributed by atoms with van der Waals surface area (Å²) in [6.45, 7) is 0. The third-order valence-corrected chi connectivity index (χ3v) is 3.70. The van der Waals surface area contributed by atoms with E-state index in [1.165, 1.54) is 0 Å². The molecule has 3 nitrogen and oxygen atoms in total. The Labute approximate surface area is 128 Å². The molecule has 2 aromatic carbocycles. The Balaban J connectivity index is 2.14. The number of aromatic amines is 1. The normalized spacial score (nSPS) is 10.8. The number of H-pyrrole nitrogens is 1. The SMILES string of the molecule is COc1nc(Cl)c(C(c2ccccc2)c2ccccc2)[nH]1. The van der Waals surface area contributed by atoms with E-state index in [2.05, 4.69) is 34.2 Å². The van der Waals surface area contributed by atoms with Gasteiger partial charge in [-0.1, -0.05) is 72.3 Å². The first-order valence-corrected chi connectivity index (χ1v) is 7.06. The van der Waals surface area contributed by atoms with Gasteiger partial charge in [0.15, 0.2) is 5.15 Å². The van der Waals surface area contributed by atoms with Crippen LogP contribution in [0.3, 0.4) is 0 Å².